The van der Waals surface area contributed by atoms with Crippen LogP contribution in [0.3, 0.4) is 0 Å². The third-order valence-electron chi connectivity index (χ3n) is 5.46. The second kappa shape index (κ2) is 8.97. The second-order valence-corrected chi connectivity index (χ2v) is 7.87. The van der Waals surface area contributed by atoms with Crippen LogP contribution in [0.5, 0.6) is 0 Å². The van der Waals surface area contributed by atoms with Gasteiger partial charge in [-0.15, -0.1) is 0 Å². The molecule has 2 N–H and O–H groups in total. The number of hydrogen-bond donors (Lipinski definition) is 2. The fourth-order valence-corrected chi connectivity index (χ4v) is 3.79. The van der Waals surface area contributed by atoms with Crippen molar-refractivity contribution in [3.8, 4) is 0 Å². The Morgan fingerprint density at radius 2 is 1.92 bits per heavy atom. The van der Waals surface area contributed by atoms with Crippen molar-refractivity contribution >= 4 is 5.82 Å². The van der Waals surface area contributed by atoms with Crippen molar-refractivity contribution in [3.05, 3.63) is 23.4 Å². The Bertz CT molecular complexity index is 536. The van der Waals surface area contributed by atoms with E-state index in [1.54, 1.807) is 0 Å². The average molecular weight is 348 g/mol. The van der Waals surface area contributed by atoms with Gasteiger partial charge in [-0.2, -0.15) is 0 Å². The van der Waals surface area contributed by atoms with Gasteiger partial charge in [0.2, 0.25) is 0 Å². The maximum Gasteiger partial charge on any atom is 0.126 e. The third-order valence-corrected chi connectivity index (χ3v) is 5.46. The smallest absolute Gasteiger partial charge is 0.126 e. The zero-order valence-electron chi connectivity index (χ0n) is 15.7. The molecule has 3 rings (SSSR count). The molecule has 0 radical (unpaired) electrons. The summed E-state index contributed by atoms with van der Waals surface area (Å²) in [7, 11) is 0. The number of nitrogens with one attached hydrogen (secondary N) is 1. The van der Waals surface area contributed by atoms with Crippen molar-refractivity contribution in [1.29, 1.82) is 0 Å². The number of aromatic nitrogens is 1. The molecule has 1 saturated carbocycles. The summed E-state index contributed by atoms with van der Waals surface area (Å²) in [4.78, 5) is 7.31. The molecular weight excluding hydrogens is 314 g/mol. The first-order chi connectivity index (χ1) is 12.1. The number of pyridine rings is 1. The summed E-state index contributed by atoms with van der Waals surface area (Å²) in [5.41, 5.74) is 2.50. The van der Waals surface area contributed by atoms with E-state index in [9.17, 15) is 5.11 Å². The molecule has 5 nitrogen and oxygen atoms in total. The highest BCUT2D eigenvalue weighted by atomic mass is 16.5. The molecular formula is C20H33N3O2. The number of aliphatic hydroxyl groups is 1. The fraction of sp³-hybridized carbons (Fsp3) is 0.750. The molecule has 0 bridgehead atoms. The largest absolute Gasteiger partial charge is 0.396 e. The topological polar surface area (TPSA) is 57.6 Å². The first-order valence-corrected chi connectivity index (χ1v) is 9.82. The Balaban J connectivity index is 1.67. The highest BCUT2D eigenvalue weighted by Crippen LogP contribution is 2.27. The van der Waals surface area contributed by atoms with Crippen molar-refractivity contribution in [2.24, 2.45) is 5.92 Å². The molecule has 0 atom stereocenters. The number of anilines is 1. The highest BCUT2D eigenvalue weighted by molar-refractivity contribution is 5.41. The van der Waals surface area contributed by atoms with E-state index in [2.05, 4.69) is 36.2 Å². The Morgan fingerprint density at radius 3 is 2.56 bits per heavy atom. The summed E-state index contributed by atoms with van der Waals surface area (Å²) < 4.78 is 5.46. The second-order valence-electron chi connectivity index (χ2n) is 7.87. The highest BCUT2D eigenvalue weighted by Gasteiger charge is 2.21. The van der Waals surface area contributed by atoms with Gasteiger partial charge in [-0.25, -0.2) is 4.98 Å². The van der Waals surface area contributed by atoms with E-state index < -0.39 is 0 Å². The first-order valence-electron chi connectivity index (χ1n) is 9.82. The van der Waals surface area contributed by atoms with Gasteiger partial charge in [0.1, 0.15) is 5.82 Å². The number of ether oxygens (including phenoxy) is 1. The van der Waals surface area contributed by atoms with Crippen LogP contribution in [0, 0.1) is 5.92 Å². The average Bonchev–Trinajstić information content (AvgIpc) is 2.63. The predicted octanol–water partition coefficient (Wildman–Crippen LogP) is 3.00. The van der Waals surface area contributed by atoms with Gasteiger partial charge in [-0.3, -0.25) is 4.90 Å². The molecule has 5 heteroatoms. The van der Waals surface area contributed by atoms with Crippen LogP contribution >= 0.6 is 0 Å². The number of morpholine rings is 1. The summed E-state index contributed by atoms with van der Waals surface area (Å²) in [6.45, 7) is 9.40. The van der Waals surface area contributed by atoms with Crippen LogP contribution in [-0.2, 0) is 11.3 Å². The van der Waals surface area contributed by atoms with Gasteiger partial charge >= 0.3 is 0 Å². The lowest BCUT2D eigenvalue weighted by molar-refractivity contribution is 0.0342. The standard InChI is InChI=1S/C20H33N3O2/c1-15(2)19-11-17(13-23-7-9-25-10-8-23)12-20(22-19)21-18-5-3-16(14-24)4-6-18/h11-12,15-16,18,24H,3-10,13-14H2,1-2H3,(H,21,22). The predicted molar refractivity (Wildman–Crippen MR) is 101 cm³/mol. The van der Waals surface area contributed by atoms with E-state index in [1.807, 2.05) is 0 Å². The minimum Gasteiger partial charge on any atom is -0.396 e. The van der Waals surface area contributed by atoms with Gasteiger partial charge in [0.05, 0.1) is 13.2 Å². The molecule has 0 unspecified atom stereocenters. The lowest BCUT2D eigenvalue weighted by Crippen LogP contribution is -2.35. The number of hydrogen-bond acceptors (Lipinski definition) is 5. The molecule has 0 spiro atoms. The quantitative estimate of drug-likeness (QED) is 0.828. The van der Waals surface area contributed by atoms with E-state index in [0.717, 1.165) is 70.0 Å². The Hall–Kier alpha value is -1.17. The van der Waals surface area contributed by atoms with Crippen LogP contribution in [0.2, 0.25) is 0 Å². The van der Waals surface area contributed by atoms with Crippen molar-refractivity contribution in [2.45, 2.75) is 58.0 Å². The van der Waals surface area contributed by atoms with Crippen LogP contribution in [0.15, 0.2) is 12.1 Å². The van der Waals surface area contributed by atoms with E-state index >= 15 is 0 Å². The van der Waals surface area contributed by atoms with Crippen LogP contribution in [-0.4, -0.2) is 53.9 Å². The normalized spacial score (nSPS) is 25.3. The van der Waals surface area contributed by atoms with Gasteiger partial charge in [-0.05, 0) is 55.2 Å². The molecule has 2 aliphatic rings. The third kappa shape index (κ3) is 5.40. The molecule has 25 heavy (non-hydrogen) atoms. The molecule has 1 aliphatic carbocycles. The zero-order chi connectivity index (χ0) is 17.6. The first kappa shape index (κ1) is 18.6. The lowest BCUT2D eigenvalue weighted by Gasteiger charge is -2.29. The molecule has 1 aliphatic heterocycles. The number of aliphatic hydroxyl groups excluding tert-OH is 1. The maximum atomic E-state index is 9.31. The van der Waals surface area contributed by atoms with Crippen LogP contribution in [0.4, 0.5) is 5.82 Å². The van der Waals surface area contributed by atoms with Crippen LogP contribution in [0.1, 0.15) is 56.7 Å². The fourth-order valence-electron chi connectivity index (χ4n) is 3.79. The minimum absolute atomic E-state index is 0.331. The van der Waals surface area contributed by atoms with Gasteiger partial charge in [-0.1, -0.05) is 13.8 Å². The Morgan fingerprint density at radius 1 is 1.20 bits per heavy atom. The summed E-state index contributed by atoms with van der Waals surface area (Å²) in [5, 5.41) is 13.0. The number of nitrogens with zero attached hydrogens (tertiary/aromatic N) is 2. The molecule has 1 saturated heterocycles. The van der Waals surface area contributed by atoms with Crippen LogP contribution < -0.4 is 5.32 Å². The van der Waals surface area contributed by atoms with Gasteiger partial charge in [0.25, 0.3) is 0 Å². The lowest BCUT2D eigenvalue weighted by atomic mass is 9.86. The summed E-state index contributed by atoms with van der Waals surface area (Å²) >= 11 is 0. The van der Waals surface area contributed by atoms with Crippen LogP contribution in [0.25, 0.3) is 0 Å². The zero-order valence-corrected chi connectivity index (χ0v) is 15.7. The molecule has 1 aromatic heterocycles. The van der Waals surface area contributed by atoms with Crippen molar-refractivity contribution < 1.29 is 9.84 Å². The van der Waals surface area contributed by atoms with Gasteiger partial charge in [0.15, 0.2) is 0 Å². The monoisotopic (exact) mass is 347 g/mol. The van der Waals surface area contributed by atoms with Gasteiger partial charge < -0.3 is 15.2 Å². The van der Waals surface area contributed by atoms with E-state index in [4.69, 9.17) is 9.72 Å². The molecule has 2 fully saturated rings. The number of rotatable bonds is 6. The molecule has 0 amide bonds. The molecule has 1 aromatic rings. The minimum atomic E-state index is 0.331. The SMILES string of the molecule is CC(C)c1cc(CN2CCOCC2)cc(NC2CCC(CO)CC2)n1. The Kier molecular flexibility index (Phi) is 6.68. The summed E-state index contributed by atoms with van der Waals surface area (Å²) in [6.07, 6.45) is 4.46. The van der Waals surface area contributed by atoms with E-state index in [1.165, 1.54) is 5.56 Å². The summed E-state index contributed by atoms with van der Waals surface area (Å²) in [6, 6.07) is 4.96. The summed E-state index contributed by atoms with van der Waals surface area (Å²) in [5.74, 6) is 1.93. The maximum absolute atomic E-state index is 9.31. The van der Waals surface area contributed by atoms with E-state index in [0.29, 0.717) is 24.5 Å². The Labute approximate surface area is 151 Å². The van der Waals surface area contributed by atoms with Gasteiger partial charge in [0, 0.05) is 38.0 Å². The van der Waals surface area contributed by atoms with Crippen molar-refractivity contribution in [3.63, 3.8) is 0 Å². The molecule has 0 aromatic carbocycles. The molecule has 2 heterocycles. The van der Waals surface area contributed by atoms with E-state index in [-0.39, 0.29) is 0 Å². The van der Waals surface area contributed by atoms with Crippen molar-refractivity contribution in [1.82, 2.24) is 9.88 Å². The van der Waals surface area contributed by atoms with Crippen molar-refractivity contribution in [2.75, 3.05) is 38.2 Å². The molecule has 140 valence electrons.